The van der Waals surface area contributed by atoms with E-state index in [4.69, 9.17) is 16.2 Å². The van der Waals surface area contributed by atoms with E-state index in [1.54, 1.807) is 7.11 Å². The number of hydrogen-bond acceptors (Lipinski definition) is 3. The molecule has 0 fully saturated rings. The van der Waals surface area contributed by atoms with Crippen LogP contribution in [0.2, 0.25) is 0 Å². The Hall–Kier alpha value is -0.580. The number of ether oxygens (including phenoxy) is 1. The lowest BCUT2D eigenvalue weighted by Gasteiger charge is -2.13. The third kappa shape index (κ3) is 2.69. The zero-order chi connectivity index (χ0) is 9.84. The molecule has 1 rings (SSSR count). The van der Waals surface area contributed by atoms with Crippen molar-refractivity contribution in [3.63, 3.8) is 0 Å². The molecule has 0 saturated carbocycles. The second-order valence-corrected chi connectivity index (χ2v) is 3.75. The first kappa shape index (κ1) is 10.5. The summed E-state index contributed by atoms with van der Waals surface area (Å²) in [7, 11) is 1.62. The minimum atomic E-state index is -0.155. The fourth-order valence-electron chi connectivity index (χ4n) is 1.15. The summed E-state index contributed by atoms with van der Waals surface area (Å²) in [6.45, 7) is 0.478. The molecule has 0 amide bonds. The van der Waals surface area contributed by atoms with E-state index in [9.17, 15) is 0 Å². The Bertz CT molecular complexity index is 291. The smallest absolute Gasteiger partial charge is 0.0656 e. The van der Waals surface area contributed by atoms with Crippen LogP contribution in [0.1, 0.15) is 11.6 Å². The van der Waals surface area contributed by atoms with Gasteiger partial charge in [0.2, 0.25) is 0 Å². The molecule has 1 unspecified atom stereocenters. The molecule has 0 bridgehead atoms. The summed E-state index contributed by atoms with van der Waals surface area (Å²) in [5.41, 5.74) is 13.2. The Labute approximate surface area is 86.2 Å². The van der Waals surface area contributed by atoms with Crippen molar-refractivity contribution >= 4 is 21.6 Å². The fraction of sp³-hybridized carbons (Fsp3) is 0.333. The summed E-state index contributed by atoms with van der Waals surface area (Å²) in [6, 6.07) is 5.51. The van der Waals surface area contributed by atoms with E-state index in [0.717, 1.165) is 10.0 Å². The molecule has 1 atom stereocenters. The molecule has 3 nitrogen and oxygen atoms in total. The normalized spacial score (nSPS) is 12.8. The molecule has 0 aliphatic carbocycles. The molecule has 0 aliphatic heterocycles. The number of nitrogen functional groups attached to an aromatic ring is 1. The SMILES string of the molecule is COCC(N)c1ccc(Br)cc1N. The van der Waals surface area contributed by atoms with Gasteiger partial charge in [-0.1, -0.05) is 22.0 Å². The number of rotatable bonds is 3. The second kappa shape index (κ2) is 4.60. The number of hydrogen-bond donors (Lipinski definition) is 2. The van der Waals surface area contributed by atoms with Crippen LogP contribution in [-0.2, 0) is 4.74 Å². The van der Waals surface area contributed by atoms with E-state index in [1.165, 1.54) is 0 Å². The van der Waals surface area contributed by atoms with Crippen LogP contribution in [0.5, 0.6) is 0 Å². The van der Waals surface area contributed by atoms with Crippen molar-refractivity contribution in [3.8, 4) is 0 Å². The average molecular weight is 245 g/mol. The van der Waals surface area contributed by atoms with Crippen molar-refractivity contribution in [2.75, 3.05) is 19.5 Å². The molecule has 0 aliphatic rings. The molecule has 0 heterocycles. The van der Waals surface area contributed by atoms with Crippen LogP contribution >= 0.6 is 15.9 Å². The Morgan fingerprint density at radius 2 is 2.23 bits per heavy atom. The van der Waals surface area contributed by atoms with Crippen LogP contribution in [0, 0.1) is 0 Å². The molecule has 0 radical (unpaired) electrons. The van der Waals surface area contributed by atoms with Gasteiger partial charge in [-0.2, -0.15) is 0 Å². The minimum Gasteiger partial charge on any atom is -0.398 e. The van der Waals surface area contributed by atoms with E-state index in [1.807, 2.05) is 18.2 Å². The predicted octanol–water partition coefficient (Wildman–Crippen LogP) is 1.68. The molecule has 13 heavy (non-hydrogen) atoms. The first-order valence-corrected chi connectivity index (χ1v) is 4.74. The Morgan fingerprint density at radius 3 is 2.77 bits per heavy atom. The van der Waals surface area contributed by atoms with Crippen molar-refractivity contribution in [1.82, 2.24) is 0 Å². The van der Waals surface area contributed by atoms with E-state index in [0.29, 0.717) is 12.3 Å². The first-order chi connectivity index (χ1) is 6.15. The van der Waals surface area contributed by atoms with Gasteiger partial charge >= 0.3 is 0 Å². The second-order valence-electron chi connectivity index (χ2n) is 2.84. The zero-order valence-electron chi connectivity index (χ0n) is 7.46. The fourth-order valence-corrected chi connectivity index (χ4v) is 1.53. The van der Waals surface area contributed by atoms with Crippen LogP contribution in [0.25, 0.3) is 0 Å². The largest absolute Gasteiger partial charge is 0.398 e. The monoisotopic (exact) mass is 244 g/mol. The van der Waals surface area contributed by atoms with E-state index in [-0.39, 0.29) is 6.04 Å². The van der Waals surface area contributed by atoms with Gasteiger partial charge < -0.3 is 16.2 Å². The third-order valence-electron chi connectivity index (χ3n) is 1.79. The number of anilines is 1. The van der Waals surface area contributed by atoms with E-state index in [2.05, 4.69) is 15.9 Å². The third-order valence-corrected chi connectivity index (χ3v) is 2.29. The van der Waals surface area contributed by atoms with Gasteiger partial charge in [-0.3, -0.25) is 0 Å². The quantitative estimate of drug-likeness (QED) is 0.796. The molecule has 4 heteroatoms. The lowest BCUT2D eigenvalue weighted by Crippen LogP contribution is -2.17. The first-order valence-electron chi connectivity index (χ1n) is 3.94. The maximum absolute atomic E-state index is 5.84. The van der Waals surface area contributed by atoms with Crippen LogP contribution < -0.4 is 11.5 Å². The van der Waals surface area contributed by atoms with Crippen LogP contribution in [0.4, 0.5) is 5.69 Å². The molecule has 4 N–H and O–H groups in total. The Balaban J connectivity index is 2.88. The topological polar surface area (TPSA) is 61.3 Å². The minimum absolute atomic E-state index is 0.155. The number of benzene rings is 1. The molecule has 1 aromatic rings. The van der Waals surface area contributed by atoms with Crippen LogP contribution in [0.15, 0.2) is 22.7 Å². The van der Waals surface area contributed by atoms with Crippen molar-refractivity contribution in [2.45, 2.75) is 6.04 Å². The Morgan fingerprint density at radius 1 is 1.54 bits per heavy atom. The molecular weight excluding hydrogens is 232 g/mol. The van der Waals surface area contributed by atoms with Gasteiger partial charge in [0, 0.05) is 17.3 Å². The summed E-state index contributed by atoms with van der Waals surface area (Å²) < 4.78 is 5.91. The van der Waals surface area contributed by atoms with Crippen LogP contribution in [0.3, 0.4) is 0 Å². The lowest BCUT2D eigenvalue weighted by molar-refractivity contribution is 0.181. The van der Waals surface area contributed by atoms with Gasteiger partial charge in [0.25, 0.3) is 0 Å². The summed E-state index contributed by atoms with van der Waals surface area (Å²) in [4.78, 5) is 0. The van der Waals surface area contributed by atoms with Crippen LogP contribution in [-0.4, -0.2) is 13.7 Å². The maximum Gasteiger partial charge on any atom is 0.0656 e. The molecule has 0 aromatic heterocycles. The number of methoxy groups -OCH3 is 1. The van der Waals surface area contributed by atoms with E-state index >= 15 is 0 Å². The van der Waals surface area contributed by atoms with Crippen molar-refractivity contribution in [3.05, 3.63) is 28.2 Å². The molecule has 1 aromatic carbocycles. The Kier molecular flexibility index (Phi) is 3.71. The van der Waals surface area contributed by atoms with Gasteiger partial charge in [-0.25, -0.2) is 0 Å². The molecule has 0 spiro atoms. The highest BCUT2D eigenvalue weighted by Crippen LogP contribution is 2.22. The summed E-state index contributed by atoms with van der Waals surface area (Å²) >= 11 is 3.33. The molecule has 0 saturated heterocycles. The number of halogens is 1. The molecular formula is C9H13BrN2O. The van der Waals surface area contributed by atoms with Gasteiger partial charge in [0.05, 0.1) is 12.6 Å². The van der Waals surface area contributed by atoms with Gasteiger partial charge in [-0.15, -0.1) is 0 Å². The maximum atomic E-state index is 5.84. The standard InChI is InChI=1S/C9H13BrN2O/c1-13-5-9(12)7-3-2-6(10)4-8(7)11/h2-4,9H,5,11-12H2,1H3. The average Bonchev–Trinajstić information content (AvgIpc) is 2.04. The summed E-state index contributed by atoms with van der Waals surface area (Å²) in [5, 5.41) is 0. The van der Waals surface area contributed by atoms with Gasteiger partial charge in [-0.05, 0) is 17.7 Å². The van der Waals surface area contributed by atoms with Crippen molar-refractivity contribution in [1.29, 1.82) is 0 Å². The highest BCUT2D eigenvalue weighted by Gasteiger charge is 2.08. The highest BCUT2D eigenvalue weighted by molar-refractivity contribution is 9.10. The molecule has 72 valence electrons. The van der Waals surface area contributed by atoms with Gasteiger partial charge in [0.1, 0.15) is 0 Å². The number of nitrogens with two attached hydrogens (primary N) is 2. The summed E-state index contributed by atoms with van der Waals surface area (Å²) in [5.74, 6) is 0. The summed E-state index contributed by atoms with van der Waals surface area (Å²) in [6.07, 6.45) is 0. The van der Waals surface area contributed by atoms with Gasteiger partial charge in [0.15, 0.2) is 0 Å². The predicted molar refractivity (Wildman–Crippen MR) is 57.4 cm³/mol. The highest BCUT2D eigenvalue weighted by atomic mass is 79.9. The lowest BCUT2D eigenvalue weighted by atomic mass is 10.1. The van der Waals surface area contributed by atoms with Crippen molar-refractivity contribution < 1.29 is 4.74 Å². The van der Waals surface area contributed by atoms with Crippen molar-refractivity contribution in [2.24, 2.45) is 5.73 Å². The van der Waals surface area contributed by atoms with E-state index < -0.39 is 0 Å². The zero-order valence-corrected chi connectivity index (χ0v) is 9.04.